The highest BCUT2D eigenvalue weighted by Crippen LogP contribution is 2.24. The fourth-order valence-electron chi connectivity index (χ4n) is 3.28. The van der Waals surface area contributed by atoms with Gasteiger partial charge in [-0.25, -0.2) is 4.39 Å². The van der Waals surface area contributed by atoms with Crippen LogP contribution in [0.25, 0.3) is 0 Å². The maximum absolute atomic E-state index is 14.4. The Kier molecular flexibility index (Phi) is 9.28. The lowest BCUT2D eigenvalue weighted by Crippen LogP contribution is -2.46. The third-order valence-electron chi connectivity index (χ3n) is 4.85. The first kappa shape index (κ1) is 23.8. The third-order valence-corrected chi connectivity index (χ3v) is 4.85. The van der Waals surface area contributed by atoms with E-state index in [0.29, 0.717) is 25.4 Å². The van der Waals surface area contributed by atoms with E-state index in [1.54, 1.807) is 37.5 Å². The quantitative estimate of drug-likeness (QED) is 0.277. The molecule has 0 aliphatic carbocycles. The molecule has 9 heteroatoms. The summed E-state index contributed by atoms with van der Waals surface area (Å²) in [6, 6.07) is 8.29. The number of carbonyl (C=O) groups is 1. The van der Waals surface area contributed by atoms with E-state index in [9.17, 15) is 9.18 Å². The number of rotatable bonds is 5. The van der Waals surface area contributed by atoms with Crippen LogP contribution in [-0.4, -0.2) is 49.1 Å². The molecule has 0 bridgehead atoms. The molecule has 0 unspecified atom stereocenters. The number of benzene rings is 1. The highest BCUT2D eigenvalue weighted by molar-refractivity contribution is 14.0. The Morgan fingerprint density at radius 1 is 1.33 bits per heavy atom. The molecular weight excluding hydrogens is 502 g/mol. The normalized spacial score (nSPS) is 14.6. The molecule has 1 saturated heterocycles. The molecule has 7 nitrogen and oxygen atoms in total. The first-order valence-electron chi connectivity index (χ1n) is 9.50. The van der Waals surface area contributed by atoms with Crippen molar-refractivity contribution in [1.29, 1.82) is 0 Å². The van der Waals surface area contributed by atoms with E-state index in [-0.39, 0.29) is 41.6 Å². The largest absolute Gasteiger partial charge is 0.469 e. The van der Waals surface area contributed by atoms with E-state index in [1.807, 2.05) is 0 Å². The summed E-state index contributed by atoms with van der Waals surface area (Å²) < 4.78 is 24.7. The van der Waals surface area contributed by atoms with Crippen molar-refractivity contribution in [3.8, 4) is 11.5 Å². The minimum absolute atomic E-state index is 0. The maximum Gasteiger partial charge on any atom is 0.308 e. The van der Waals surface area contributed by atoms with E-state index >= 15 is 0 Å². The molecule has 0 spiro atoms. The van der Waals surface area contributed by atoms with E-state index in [1.165, 1.54) is 19.4 Å². The molecule has 3 rings (SSSR count). The Morgan fingerprint density at radius 2 is 2.10 bits per heavy atom. The van der Waals surface area contributed by atoms with Gasteiger partial charge in [0.1, 0.15) is 5.75 Å². The number of esters is 1. The van der Waals surface area contributed by atoms with Gasteiger partial charge in [0.15, 0.2) is 17.5 Å². The summed E-state index contributed by atoms with van der Waals surface area (Å²) in [5.41, 5.74) is 0.770. The third kappa shape index (κ3) is 6.28. The van der Waals surface area contributed by atoms with Gasteiger partial charge in [0.05, 0.1) is 19.2 Å². The van der Waals surface area contributed by atoms with Crippen LogP contribution in [0.15, 0.2) is 47.7 Å². The number of nitrogens with one attached hydrogen (secondary N) is 1. The number of halogens is 2. The lowest BCUT2D eigenvalue weighted by atomic mass is 9.97. The second-order valence-electron chi connectivity index (χ2n) is 6.74. The van der Waals surface area contributed by atoms with Crippen molar-refractivity contribution >= 4 is 35.9 Å². The minimum atomic E-state index is -0.443. The van der Waals surface area contributed by atoms with Gasteiger partial charge in [-0.3, -0.25) is 14.8 Å². The Labute approximate surface area is 192 Å². The van der Waals surface area contributed by atoms with Crippen molar-refractivity contribution < 1.29 is 18.7 Å². The number of aliphatic imine (C=N–C) groups is 1. The second-order valence-corrected chi connectivity index (χ2v) is 6.74. The molecule has 1 aliphatic heterocycles. The summed E-state index contributed by atoms with van der Waals surface area (Å²) >= 11 is 0. The van der Waals surface area contributed by atoms with Gasteiger partial charge in [0.2, 0.25) is 0 Å². The monoisotopic (exact) mass is 528 g/mol. The van der Waals surface area contributed by atoms with Gasteiger partial charge >= 0.3 is 5.97 Å². The van der Waals surface area contributed by atoms with Gasteiger partial charge in [-0.2, -0.15) is 0 Å². The number of methoxy groups -OCH3 is 1. The number of hydrogen-bond acceptors (Lipinski definition) is 5. The van der Waals surface area contributed by atoms with Crippen LogP contribution < -0.4 is 10.1 Å². The zero-order valence-electron chi connectivity index (χ0n) is 17.0. The molecule has 1 aromatic carbocycles. The molecule has 0 radical (unpaired) electrons. The number of ether oxygens (including phenoxy) is 2. The number of likely N-dealkylation sites (tertiary alicyclic amines) is 1. The molecule has 2 aromatic rings. The van der Waals surface area contributed by atoms with E-state index in [4.69, 9.17) is 9.47 Å². The predicted molar refractivity (Wildman–Crippen MR) is 123 cm³/mol. The number of pyridine rings is 1. The van der Waals surface area contributed by atoms with Crippen LogP contribution in [0.2, 0.25) is 0 Å². The Balaban J connectivity index is 0.00000320. The summed E-state index contributed by atoms with van der Waals surface area (Å²) in [4.78, 5) is 22.0. The van der Waals surface area contributed by atoms with Crippen LogP contribution in [0.3, 0.4) is 0 Å². The number of aromatic nitrogens is 1. The Bertz CT molecular complexity index is 859. The molecular formula is C21H26FIN4O3. The summed E-state index contributed by atoms with van der Waals surface area (Å²) in [5.74, 6) is 0.697. The molecule has 1 fully saturated rings. The van der Waals surface area contributed by atoms with E-state index < -0.39 is 5.82 Å². The fourth-order valence-corrected chi connectivity index (χ4v) is 3.28. The van der Waals surface area contributed by atoms with Gasteiger partial charge in [-0.05, 0) is 42.7 Å². The van der Waals surface area contributed by atoms with Crippen molar-refractivity contribution in [3.05, 3.63) is 54.1 Å². The van der Waals surface area contributed by atoms with Crippen molar-refractivity contribution in [2.75, 3.05) is 27.2 Å². The molecule has 1 aromatic heterocycles. The van der Waals surface area contributed by atoms with Gasteiger partial charge in [0.25, 0.3) is 0 Å². The summed E-state index contributed by atoms with van der Waals surface area (Å²) in [6.07, 6.45) is 4.61. The smallest absolute Gasteiger partial charge is 0.308 e. The van der Waals surface area contributed by atoms with Crippen LogP contribution in [0.4, 0.5) is 4.39 Å². The van der Waals surface area contributed by atoms with Gasteiger partial charge in [-0.15, -0.1) is 24.0 Å². The van der Waals surface area contributed by atoms with Crippen molar-refractivity contribution in [2.45, 2.75) is 19.4 Å². The molecule has 0 amide bonds. The van der Waals surface area contributed by atoms with Crippen molar-refractivity contribution in [1.82, 2.24) is 15.2 Å². The van der Waals surface area contributed by atoms with Gasteiger partial charge in [-0.1, -0.05) is 6.07 Å². The molecule has 1 aliphatic rings. The summed E-state index contributed by atoms with van der Waals surface area (Å²) in [7, 11) is 3.13. The second kappa shape index (κ2) is 11.7. The molecule has 162 valence electrons. The molecule has 0 saturated carbocycles. The number of guanidine groups is 1. The zero-order valence-corrected chi connectivity index (χ0v) is 19.3. The zero-order chi connectivity index (χ0) is 20.6. The van der Waals surface area contributed by atoms with Gasteiger partial charge < -0.3 is 19.7 Å². The van der Waals surface area contributed by atoms with Crippen LogP contribution in [0.1, 0.15) is 18.4 Å². The van der Waals surface area contributed by atoms with Gasteiger partial charge in [0, 0.05) is 32.9 Å². The van der Waals surface area contributed by atoms with Crippen LogP contribution in [0.5, 0.6) is 11.5 Å². The van der Waals surface area contributed by atoms with E-state index in [0.717, 1.165) is 24.4 Å². The first-order chi connectivity index (χ1) is 14.1. The number of hydrogen-bond donors (Lipinski definition) is 1. The lowest BCUT2D eigenvalue weighted by Gasteiger charge is -2.33. The summed E-state index contributed by atoms with van der Waals surface area (Å²) in [6.45, 7) is 1.85. The Hall–Kier alpha value is -2.43. The number of carbonyl (C=O) groups excluding carboxylic acids is 1. The average Bonchev–Trinajstić information content (AvgIpc) is 2.76. The number of nitrogens with zero attached hydrogens (tertiary/aromatic N) is 3. The lowest BCUT2D eigenvalue weighted by molar-refractivity contribution is -0.146. The molecule has 2 heterocycles. The molecule has 30 heavy (non-hydrogen) atoms. The number of piperidine rings is 1. The van der Waals surface area contributed by atoms with Crippen LogP contribution in [0, 0.1) is 11.7 Å². The average molecular weight is 528 g/mol. The molecule has 1 N–H and O–H groups in total. The SMILES string of the molecule is CN=C(NCc1ccc(Oc2cccnc2)c(F)c1)N1CCC(C(=O)OC)CC1.I. The maximum atomic E-state index is 14.4. The Morgan fingerprint density at radius 3 is 2.70 bits per heavy atom. The van der Waals surface area contributed by atoms with Crippen molar-refractivity contribution in [2.24, 2.45) is 10.9 Å². The predicted octanol–water partition coefficient (Wildman–Crippen LogP) is 3.59. The topological polar surface area (TPSA) is 76.1 Å². The van der Waals surface area contributed by atoms with Crippen LogP contribution >= 0.6 is 24.0 Å². The highest BCUT2D eigenvalue weighted by atomic mass is 127. The molecule has 0 atom stereocenters. The highest BCUT2D eigenvalue weighted by Gasteiger charge is 2.26. The van der Waals surface area contributed by atoms with Crippen molar-refractivity contribution in [3.63, 3.8) is 0 Å². The first-order valence-corrected chi connectivity index (χ1v) is 9.50. The fraction of sp³-hybridized carbons (Fsp3) is 0.381. The summed E-state index contributed by atoms with van der Waals surface area (Å²) in [5, 5.41) is 3.25. The minimum Gasteiger partial charge on any atom is -0.469 e. The van der Waals surface area contributed by atoms with Crippen LogP contribution in [-0.2, 0) is 16.1 Å². The standard InChI is InChI=1S/C21H25FN4O3.HI/c1-23-21(26-10-7-16(8-11-26)20(27)28-2)25-13-15-5-6-19(18(22)12-15)29-17-4-3-9-24-14-17;/h3-6,9,12,14,16H,7-8,10-11,13H2,1-2H3,(H,23,25);1H. The van der Waals surface area contributed by atoms with E-state index in [2.05, 4.69) is 20.2 Å².